The molecule has 0 bridgehead atoms. The van der Waals surface area contributed by atoms with E-state index in [0.29, 0.717) is 22.6 Å². The Morgan fingerprint density at radius 2 is 2.35 bits per heavy atom. The van der Waals surface area contributed by atoms with Crippen molar-refractivity contribution in [1.82, 2.24) is 10.2 Å². The number of likely N-dealkylation sites (tertiary alicyclic amines) is 1. The zero-order valence-electron chi connectivity index (χ0n) is 9.54. The summed E-state index contributed by atoms with van der Waals surface area (Å²) < 4.78 is 13.4. The molecule has 2 rings (SSSR count). The van der Waals surface area contributed by atoms with E-state index in [4.69, 9.17) is 0 Å². The van der Waals surface area contributed by atoms with Gasteiger partial charge in [-0.3, -0.25) is 4.79 Å². The van der Waals surface area contributed by atoms with Crippen LogP contribution in [0.1, 0.15) is 16.8 Å². The average Bonchev–Trinajstić information content (AvgIpc) is 2.76. The molecule has 1 fully saturated rings. The van der Waals surface area contributed by atoms with Crippen LogP contribution in [0.15, 0.2) is 22.7 Å². The van der Waals surface area contributed by atoms with E-state index in [2.05, 4.69) is 21.2 Å². The van der Waals surface area contributed by atoms with Crippen molar-refractivity contribution in [3.05, 3.63) is 34.1 Å². The number of benzene rings is 1. The maximum Gasteiger partial charge on any atom is 0.255 e. The molecule has 1 amide bonds. The Kier molecular flexibility index (Phi) is 3.79. The third-order valence-corrected chi connectivity index (χ3v) is 3.70. The second-order valence-corrected chi connectivity index (χ2v) is 5.00. The zero-order chi connectivity index (χ0) is 12.4. The number of hydrogen-bond donors (Lipinski definition) is 1. The van der Waals surface area contributed by atoms with Crippen LogP contribution in [0.5, 0.6) is 0 Å². The number of nitrogens with zero attached hydrogens (tertiary/aromatic N) is 1. The topological polar surface area (TPSA) is 32.3 Å². The van der Waals surface area contributed by atoms with Crippen molar-refractivity contribution in [3.8, 4) is 0 Å². The summed E-state index contributed by atoms with van der Waals surface area (Å²) in [7, 11) is 1.90. The second kappa shape index (κ2) is 5.14. The highest BCUT2D eigenvalue weighted by Crippen LogP contribution is 2.21. The first-order valence-corrected chi connectivity index (χ1v) is 6.32. The van der Waals surface area contributed by atoms with Gasteiger partial charge in [0.2, 0.25) is 0 Å². The molecule has 0 radical (unpaired) electrons. The number of amides is 1. The molecule has 1 N–H and O–H groups in total. The number of carbonyl (C=O) groups is 1. The van der Waals surface area contributed by atoms with Gasteiger partial charge in [0.05, 0.1) is 5.56 Å². The summed E-state index contributed by atoms with van der Waals surface area (Å²) in [6.07, 6.45) is 0.959. The molecular formula is C12H14BrFN2O. The first-order chi connectivity index (χ1) is 8.11. The van der Waals surface area contributed by atoms with Crippen LogP contribution in [-0.4, -0.2) is 37.0 Å². The molecule has 1 aliphatic rings. The highest BCUT2D eigenvalue weighted by atomic mass is 79.9. The van der Waals surface area contributed by atoms with Crippen molar-refractivity contribution in [2.45, 2.75) is 12.5 Å². The van der Waals surface area contributed by atoms with Crippen LogP contribution in [-0.2, 0) is 0 Å². The van der Waals surface area contributed by atoms with Gasteiger partial charge in [-0.25, -0.2) is 4.39 Å². The van der Waals surface area contributed by atoms with E-state index >= 15 is 0 Å². The van der Waals surface area contributed by atoms with Crippen molar-refractivity contribution >= 4 is 21.8 Å². The summed E-state index contributed by atoms with van der Waals surface area (Å²) in [5.41, 5.74) is 0.517. The van der Waals surface area contributed by atoms with Gasteiger partial charge in [-0.1, -0.05) is 0 Å². The van der Waals surface area contributed by atoms with Gasteiger partial charge in [0, 0.05) is 23.6 Å². The van der Waals surface area contributed by atoms with Gasteiger partial charge >= 0.3 is 0 Å². The van der Waals surface area contributed by atoms with Gasteiger partial charge in [0.15, 0.2) is 0 Å². The lowest BCUT2D eigenvalue weighted by molar-refractivity contribution is 0.0789. The fourth-order valence-corrected chi connectivity index (χ4v) is 2.53. The Morgan fingerprint density at radius 1 is 1.59 bits per heavy atom. The fraction of sp³-hybridized carbons (Fsp3) is 0.417. The predicted octanol–water partition coefficient (Wildman–Crippen LogP) is 2.02. The van der Waals surface area contributed by atoms with Gasteiger partial charge < -0.3 is 10.2 Å². The number of hydrogen-bond acceptors (Lipinski definition) is 2. The molecule has 92 valence electrons. The lowest BCUT2D eigenvalue weighted by Gasteiger charge is -2.17. The lowest BCUT2D eigenvalue weighted by Crippen LogP contribution is -2.33. The lowest BCUT2D eigenvalue weighted by atomic mass is 10.2. The smallest absolute Gasteiger partial charge is 0.255 e. The molecule has 17 heavy (non-hydrogen) atoms. The van der Waals surface area contributed by atoms with E-state index in [9.17, 15) is 9.18 Å². The third-order valence-electron chi connectivity index (χ3n) is 3.05. The van der Waals surface area contributed by atoms with E-state index in [-0.39, 0.29) is 11.7 Å². The van der Waals surface area contributed by atoms with Crippen LogP contribution in [0.4, 0.5) is 4.39 Å². The standard InChI is InChI=1S/C12H14BrFN2O/c1-15-9-4-5-16(7-9)12(17)10-3-2-8(14)6-11(10)13/h2-3,6,9,15H,4-5,7H2,1H3. The molecular weight excluding hydrogens is 287 g/mol. The van der Waals surface area contributed by atoms with Crippen LogP contribution in [0, 0.1) is 5.82 Å². The minimum atomic E-state index is -0.344. The largest absolute Gasteiger partial charge is 0.337 e. The summed E-state index contributed by atoms with van der Waals surface area (Å²) in [4.78, 5) is 14.0. The number of carbonyl (C=O) groups excluding carboxylic acids is 1. The van der Waals surface area contributed by atoms with Crippen LogP contribution < -0.4 is 5.32 Å². The van der Waals surface area contributed by atoms with Crippen molar-refractivity contribution in [2.75, 3.05) is 20.1 Å². The van der Waals surface area contributed by atoms with E-state index < -0.39 is 0 Å². The highest BCUT2D eigenvalue weighted by Gasteiger charge is 2.26. The molecule has 3 nitrogen and oxygen atoms in total. The summed E-state index contributed by atoms with van der Waals surface area (Å²) in [5.74, 6) is -0.391. The first-order valence-electron chi connectivity index (χ1n) is 5.53. The van der Waals surface area contributed by atoms with Crippen LogP contribution in [0.3, 0.4) is 0 Å². The van der Waals surface area contributed by atoms with Gasteiger partial charge in [0.25, 0.3) is 5.91 Å². The molecule has 1 atom stereocenters. The quantitative estimate of drug-likeness (QED) is 0.906. The number of rotatable bonds is 2. The van der Waals surface area contributed by atoms with E-state index in [1.807, 2.05) is 7.05 Å². The molecule has 0 aliphatic carbocycles. The van der Waals surface area contributed by atoms with Gasteiger partial charge in [-0.15, -0.1) is 0 Å². The minimum absolute atomic E-state index is 0.0466. The third kappa shape index (κ3) is 2.66. The zero-order valence-corrected chi connectivity index (χ0v) is 11.1. The monoisotopic (exact) mass is 300 g/mol. The molecule has 0 spiro atoms. The fourth-order valence-electron chi connectivity index (χ4n) is 2.01. The average molecular weight is 301 g/mol. The molecule has 5 heteroatoms. The summed E-state index contributed by atoms with van der Waals surface area (Å²) in [5, 5.41) is 3.16. The molecule has 0 aromatic heterocycles. The molecule has 1 unspecified atom stereocenters. The Balaban J connectivity index is 2.15. The molecule has 1 aliphatic heterocycles. The maximum atomic E-state index is 12.9. The Morgan fingerprint density at radius 3 is 2.94 bits per heavy atom. The molecule has 1 aromatic carbocycles. The number of halogens is 2. The van der Waals surface area contributed by atoms with E-state index in [1.54, 1.807) is 4.90 Å². The minimum Gasteiger partial charge on any atom is -0.337 e. The van der Waals surface area contributed by atoms with Crippen molar-refractivity contribution < 1.29 is 9.18 Å². The van der Waals surface area contributed by atoms with Crippen molar-refractivity contribution in [3.63, 3.8) is 0 Å². The molecule has 1 heterocycles. The molecule has 0 saturated carbocycles. The highest BCUT2D eigenvalue weighted by molar-refractivity contribution is 9.10. The van der Waals surface area contributed by atoms with Crippen LogP contribution in [0.25, 0.3) is 0 Å². The normalized spacial score (nSPS) is 19.7. The SMILES string of the molecule is CNC1CCN(C(=O)c2ccc(F)cc2Br)C1. The van der Waals surface area contributed by atoms with Gasteiger partial charge in [-0.05, 0) is 47.6 Å². The predicted molar refractivity (Wildman–Crippen MR) is 67.5 cm³/mol. The second-order valence-electron chi connectivity index (χ2n) is 4.15. The van der Waals surface area contributed by atoms with Gasteiger partial charge in [-0.2, -0.15) is 0 Å². The Bertz CT molecular complexity index is 439. The van der Waals surface area contributed by atoms with E-state index in [1.165, 1.54) is 18.2 Å². The van der Waals surface area contributed by atoms with Crippen LogP contribution in [0.2, 0.25) is 0 Å². The van der Waals surface area contributed by atoms with Crippen molar-refractivity contribution in [1.29, 1.82) is 0 Å². The molecule has 1 saturated heterocycles. The summed E-state index contributed by atoms with van der Waals surface area (Å²) in [6, 6.07) is 4.51. The first kappa shape index (κ1) is 12.5. The molecule has 1 aromatic rings. The Hall–Kier alpha value is -0.940. The number of likely N-dealkylation sites (N-methyl/N-ethyl adjacent to an activating group) is 1. The number of nitrogens with one attached hydrogen (secondary N) is 1. The van der Waals surface area contributed by atoms with Crippen LogP contribution >= 0.6 is 15.9 Å². The Labute approximate surface area is 108 Å². The van der Waals surface area contributed by atoms with Gasteiger partial charge in [0.1, 0.15) is 5.82 Å². The van der Waals surface area contributed by atoms with Crippen molar-refractivity contribution in [2.24, 2.45) is 0 Å². The summed E-state index contributed by atoms with van der Waals surface area (Å²) >= 11 is 3.22. The maximum absolute atomic E-state index is 12.9. The summed E-state index contributed by atoms with van der Waals surface area (Å²) in [6.45, 7) is 1.45. The van der Waals surface area contributed by atoms with E-state index in [0.717, 1.165) is 13.0 Å².